The lowest BCUT2D eigenvalue weighted by Crippen LogP contribution is -2.18. The molecule has 0 aliphatic heterocycles. The van der Waals surface area contributed by atoms with E-state index >= 15 is 0 Å². The van der Waals surface area contributed by atoms with Crippen LogP contribution in [0.1, 0.15) is 30.5 Å². The van der Waals surface area contributed by atoms with E-state index in [4.69, 9.17) is 10.5 Å². The quantitative estimate of drug-likeness (QED) is 0.864. The molecule has 0 atom stereocenters. The fourth-order valence-electron chi connectivity index (χ4n) is 1.99. The van der Waals surface area contributed by atoms with Gasteiger partial charge in [-0.3, -0.25) is 9.59 Å². The van der Waals surface area contributed by atoms with Gasteiger partial charge in [0, 0.05) is 15.3 Å². The standard InChI is InChI=1S/C15H14FNO3S/c1-8-6-10(9(2)21-8)12(18)7-20-13-5-3-4-11(16)14(13)15(17)19/h3-6H,7H2,1-2H3,(H2,17,19). The van der Waals surface area contributed by atoms with Crippen molar-refractivity contribution in [2.24, 2.45) is 5.73 Å². The molecule has 1 aromatic carbocycles. The van der Waals surface area contributed by atoms with Crippen molar-refractivity contribution >= 4 is 23.0 Å². The van der Waals surface area contributed by atoms with Gasteiger partial charge in [-0.05, 0) is 32.0 Å². The summed E-state index contributed by atoms with van der Waals surface area (Å²) in [6.07, 6.45) is 0. The largest absolute Gasteiger partial charge is 0.484 e. The van der Waals surface area contributed by atoms with Crippen LogP contribution >= 0.6 is 11.3 Å². The van der Waals surface area contributed by atoms with Crippen molar-refractivity contribution < 1.29 is 18.7 Å². The van der Waals surface area contributed by atoms with Gasteiger partial charge in [-0.1, -0.05) is 6.07 Å². The number of carbonyl (C=O) groups is 2. The van der Waals surface area contributed by atoms with Crippen LogP contribution in [0.15, 0.2) is 24.3 Å². The van der Waals surface area contributed by atoms with Crippen molar-refractivity contribution in [2.75, 3.05) is 6.61 Å². The zero-order valence-electron chi connectivity index (χ0n) is 11.6. The van der Waals surface area contributed by atoms with Gasteiger partial charge in [-0.25, -0.2) is 4.39 Å². The van der Waals surface area contributed by atoms with E-state index in [-0.39, 0.29) is 23.7 Å². The number of benzene rings is 1. The first kappa shape index (κ1) is 15.2. The molecule has 0 aliphatic rings. The molecule has 0 bridgehead atoms. The summed E-state index contributed by atoms with van der Waals surface area (Å²) in [6.45, 7) is 3.48. The molecule has 0 saturated carbocycles. The lowest BCUT2D eigenvalue weighted by atomic mass is 10.1. The van der Waals surface area contributed by atoms with E-state index in [9.17, 15) is 14.0 Å². The molecule has 21 heavy (non-hydrogen) atoms. The summed E-state index contributed by atoms with van der Waals surface area (Å²) >= 11 is 1.52. The lowest BCUT2D eigenvalue weighted by molar-refractivity contribution is 0.0910. The predicted octanol–water partition coefficient (Wildman–Crippen LogP) is 2.86. The summed E-state index contributed by atoms with van der Waals surface area (Å²) in [5.74, 6) is -1.95. The van der Waals surface area contributed by atoms with Crippen LogP contribution in [0.5, 0.6) is 5.75 Å². The topological polar surface area (TPSA) is 69.4 Å². The molecule has 0 unspecified atom stereocenters. The van der Waals surface area contributed by atoms with Gasteiger partial charge >= 0.3 is 0 Å². The van der Waals surface area contributed by atoms with E-state index in [1.165, 1.54) is 23.5 Å². The molecular formula is C15H14FNO3S. The number of hydrogen-bond donors (Lipinski definition) is 1. The summed E-state index contributed by atoms with van der Waals surface area (Å²) in [7, 11) is 0. The zero-order chi connectivity index (χ0) is 15.6. The Morgan fingerprint density at radius 2 is 2.05 bits per heavy atom. The number of ketones is 1. The number of Topliss-reactive ketones (excluding diaryl/α,β-unsaturated/α-hetero) is 1. The maximum absolute atomic E-state index is 13.6. The van der Waals surface area contributed by atoms with Crippen LogP contribution in [0.25, 0.3) is 0 Å². The molecule has 2 rings (SSSR count). The molecule has 1 heterocycles. The normalized spacial score (nSPS) is 10.4. The molecule has 0 aliphatic carbocycles. The van der Waals surface area contributed by atoms with Crippen LogP contribution < -0.4 is 10.5 Å². The van der Waals surface area contributed by atoms with Crippen molar-refractivity contribution in [1.29, 1.82) is 0 Å². The fraction of sp³-hybridized carbons (Fsp3) is 0.200. The second-order valence-corrected chi connectivity index (χ2v) is 5.98. The second-order valence-electron chi connectivity index (χ2n) is 4.52. The third-order valence-electron chi connectivity index (χ3n) is 2.92. The molecule has 0 fully saturated rings. The second kappa shape index (κ2) is 6.05. The average Bonchev–Trinajstić information content (AvgIpc) is 2.74. The third kappa shape index (κ3) is 3.28. The Hall–Kier alpha value is -2.21. The molecule has 4 nitrogen and oxygen atoms in total. The van der Waals surface area contributed by atoms with Crippen LogP contribution in [0.4, 0.5) is 4.39 Å². The van der Waals surface area contributed by atoms with Gasteiger partial charge in [0.1, 0.15) is 17.1 Å². The van der Waals surface area contributed by atoms with Crippen LogP contribution in [-0.2, 0) is 0 Å². The number of amides is 1. The number of thiophene rings is 1. The number of primary amides is 1. The Bertz CT molecular complexity index is 709. The summed E-state index contributed by atoms with van der Waals surface area (Å²) in [6, 6.07) is 5.69. The van der Waals surface area contributed by atoms with Crippen molar-refractivity contribution in [3.63, 3.8) is 0 Å². The van der Waals surface area contributed by atoms with Crippen molar-refractivity contribution in [3.8, 4) is 5.75 Å². The highest BCUT2D eigenvalue weighted by atomic mass is 32.1. The third-order valence-corrected chi connectivity index (χ3v) is 3.89. The van der Waals surface area contributed by atoms with E-state index in [1.54, 1.807) is 6.07 Å². The number of rotatable bonds is 5. The van der Waals surface area contributed by atoms with Crippen LogP contribution in [-0.4, -0.2) is 18.3 Å². The molecule has 0 spiro atoms. The Balaban J connectivity index is 2.17. The maximum Gasteiger partial charge on any atom is 0.255 e. The van der Waals surface area contributed by atoms with Gasteiger partial charge in [-0.2, -0.15) is 0 Å². The highest BCUT2D eigenvalue weighted by molar-refractivity contribution is 7.12. The zero-order valence-corrected chi connectivity index (χ0v) is 12.4. The number of ether oxygens (including phenoxy) is 1. The SMILES string of the molecule is Cc1cc(C(=O)COc2cccc(F)c2C(N)=O)c(C)s1. The molecular weight excluding hydrogens is 293 g/mol. The number of hydrogen-bond acceptors (Lipinski definition) is 4. The van der Waals surface area contributed by atoms with E-state index in [1.807, 2.05) is 13.8 Å². The molecule has 110 valence electrons. The first-order chi connectivity index (χ1) is 9.90. The van der Waals surface area contributed by atoms with Gasteiger partial charge in [0.25, 0.3) is 5.91 Å². The Kier molecular flexibility index (Phi) is 4.37. The predicted molar refractivity (Wildman–Crippen MR) is 78.5 cm³/mol. The van der Waals surface area contributed by atoms with E-state index in [0.717, 1.165) is 15.8 Å². The highest BCUT2D eigenvalue weighted by Crippen LogP contribution is 2.23. The number of carbonyl (C=O) groups excluding carboxylic acids is 2. The fourth-order valence-corrected chi connectivity index (χ4v) is 2.93. The number of nitrogens with two attached hydrogens (primary N) is 1. The number of aryl methyl sites for hydroxylation is 2. The first-order valence-electron chi connectivity index (χ1n) is 6.21. The average molecular weight is 307 g/mol. The molecule has 2 N–H and O–H groups in total. The summed E-state index contributed by atoms with van der Waals surface area (Å²) < 4.78 is 18.8. The van der Waals surface area contributed by atoms with Crippen LogP contribution in [0, 0.1) is 19.7 Å². The van der Waals surface area contributed by atoms with E-state index in [2.05, 4.69) is 0 Å². The minimum Gasteiger partial charge on any atom is -0.484 e. The summed E-state index contributed by atoms with van der Waals surface area (Å²) in [4.78, 5) is 25.2. The maximum atomic E-state index is 13.6. The van der Waals surface area contributed by atoms with Crippen molar-refractivity contribution in [1.82, 2.24) is 0 Å². The molecule has 0 radical (unpaired) electrons. The van der Waals surface area contributed by atoms with Crippen LogP contribution in [0.2, 0.25) is 0 Å². The summed E-state index contributed by atoms with van der Waals surface area (Å²) in [5, 5.41) is 0. The van der Waals surface area contributed by atoms with Gasteiger partial charge < -0.3 is 10.5 Å². The Morgan fingerprint density at radius 3 is 2.62 bits per heavy atom. The van der Waals surface area contributed by atoms with Gasteiger partial charge in [0.2, 0.25) is 5.78 Å². The van der Waals surface area contributed by atoms with Crippen molar-refractivity contribution in [2.45, 2.75) is 13.8 Å². The van der Waals surface area contributed by atoms with Gasteiger partial charge in [0.15, 0.2) is 6.61 Å². The molecule has 2 aromatic rings. The smallest absolute Gasteiger partial charge is 0.255 e. The summed E-state index contributed by atoms with van der Waals surface area (Å²) in [5.41, 5.74) is 5.35. The molecule has 6 heteroatoms. The number of halogens is 1. The Labute approximate surface area is 125 Å². The molecule has 0 saturated heterocycles. The van der Waals surface area contributed by atoms with E-state index in [0.29, 0.717) is 5.56 Å². The highest BCUT2D eigenvalue weighted by Gasteiger charge is 2.17. The van der Waals surface area contributed by atoms with Gasteiger partial charge in [0.05, 0.1) is 0 Å². The monoisotopic (exact) mass is 307 g/mol. The minimum atomic E-state index is -0.932. The van der Waals surface area contributed by atoms with E-state index < -0.39 is 11.7 Å². The minimum absolute atomic E-state index is 0.0274. The Morgan fingerprint density at radius 1 is 1.33 bits per heavy atom. The molecule has 1 aromatic heterocycles. The van der Waals surface area contributed by atoms with Gasteiger partial charge in [-0.15, -0.1) is 11.3 Å². The van der Waals surface area contributed by atoms with Crippen molar-refractivity contribution in [3.05, 3.63) is 51.0 Å². The lowest BCUT2D eigenvalue weighted by Gasteiger charge is -2.09. The first-order valence-corrected chi connectivity index (χ1v) is 7.03. The van der Waals surface area contributed by atoms with Crippen LogP contribution in [0.3, 0.4) is 0 Å². The molecule has 1 amide bonds.